The molecule has 5 heteroatoms. The van der Waals surface area contributed by atoms with Crippen molar-refractivity contribution in [3.63, 3.8) is 0 Å². The number of piperidine rings is 1. The molecule has 1 aromatic heterocycles. The van der Waals surface area contributed by atoms with Gasteiger partial charge in [-0.3, -0.25) is 0 Å². The van der Waals surface area contributed by atoms with Crippen molar-refractivity contribution in [1.82, 2.24) is 10.2 Å². The Kier molecular flexibility index (Phi) is 2.63. The van der Waals surface area contributed by atoms with Crippen LogP contribution < -0.4 is 15.4 Å². The van der Waals surface area contributed by atoms with Crippen LogP contribution in [-0.4, -0.2) is 36.4 Å². The average Bonchev–Trinajstić information content (AvgIpc) is 2.61. The van der Waals surface area contributed by atoms with Gasteiger partial charge in [0.15, 0.2) is 0 Å². The van der Waals surface area contributed by atoms with Crippen molar-refractivity contribution in [2.45, 2.75) is 18.9 Å². The summed E-state index contributed by atoms with van der Waals surface area (Å²) in [4.78, 5) is 2.36. The maximum atomic E-state index is 6.20. The van der Waals surface area contributed by atoms with Crippen molar-refractivity contribution >= 4 is 5.69 Å². The molecule has 0 amide bonds. The lowest BCUT2D eigenvalue weighted by Crippen LogP contribution is -2.48. The molecule has 1 saturated carbocycles. The first-order chi connectivity index (χ1) is 8.28. The van der Waals surface area contributed by atoms with Gasteiger partial charge in [0.05, 0.1) is 19.0 Å². The molecule has 0 spiro atoms. The first-order valence-electron chi connectivity index (χ1n) is 6.15. The zero-order valence-corrected chi connectivity index (χ0v) is 10.0. The minimum absolute atomic E-state index is 0.392. The molecule has 2 bridgehead atoms. The van der Waals surface area contributed by atoms with Crippen molar-refractivity contribution in [2.24, 2.45) is 17.6 Å². The number of hydrogen-bond donors (Lipinski definition) is 1. The van der Waals surface area contributed by atoms with Crippen LogP contribution in [-0.2, 0) is 0 Å². The molecule has 2 heterocycles. The Bertz CT molecular complexity index is 397. The smallest absolute Gasteiger partial charge is 0.235 e. The molecule has 3 atom stereocenters. The number of anilines is 1. The van der Waals surface area contributed by atoms with Crippen LogP contribution in [0.1, 0.15) is 12.8 Å². The van der Waals surface area contributed by atoms with E-state index in [0.717, 1.165) is 18.8 Å². The Morgan fingerprint density at radius 1 is 1.35 bits per heavy atom. The summed E-state index contributed by atoms with van der Waals surface area (Å²) in [6, 6.07) is 2.34. The summed E-state index contributed by atoms with van der Waals surface area (Å²) >= 11 is 0. The summed E-state index contributed by atoms with van der Waals surface area (Å²) in [6.07, 6.45) is 4.33. The van der Waals surface area contributed by atoms with Gasteiger partial charge in [-0.2, -0.15) is 5.10 Å². The van der Waals surface area contributed by atoms with Gasteiger partial charge in [0.2, 0.25) is 5.88 Å². The molecule has 0 radical (unpaired) electrons. The normalized spacial score (nSPS) is 31.6. The van der Waals surface area contributed by atoms with Crippen molar-refractivity contribution in [2.75, 3.05) is 25.1 Å². The quantitative estimate of drug-likeness (QED) is 0.814. The average molecular weight is 234 g/mol. The van der Waals surface area contributed by atoms with E-state index in [1.807, 2.05) is 6.07 Å². The molecule has 0 aromatic carbocycles. The number of ether oxygens (including phenoxy) is 1. The number of hydrogen-bond acceptors (Lipinski definition) is 5. The predicted molar refractivity (Wildman–Crippen MR) is 65.0 cm³/mol. The summed E-state index contributed by atoms with van der Waals surface area (Å²) < 4.78 is 5.11. The molecular formula is C12H18N4O. The molecule has 17 heavy (non-hydrogen) atoms. The zero-order chi connectivity index (χ0) is 11.8. The Hall–Kier alpha value is -1.36. The van der Waals surface area contributed by atoms with E-state index in [0.29, 0.717) is 23.8 Å². The number of methoxy groups -OCH3 is 1. The fourth-order valence-electron chi connectivity index (χ4n) is 3.09. The van der Waals surface area contributed by atoms with E-state index in [2.05, 4.69) is 15.1 Å². The van der Waals surface area contributed by atoms with E-state index < -0.39 is 0 Å². The Balaban J connectivity index is 1.81. The second-order valence-electron chi connectivity index (χ2n) is 5.04. The van der Waals surface area contributed by atoms with Gasteiger partial charge in [0, 0.05) is 25.2 Å². The van der Waals surface area contributed by atoms with Gasteiger partial charge >= 0.3 is 0 Å². The zero-order valence-electron chi connectivity index (χ0n) is 10.0. The van der Waals surface area contributed by atoms with Gasteiger partial charge in [-0.15, -0.1) is 5.10 Å². The SMILES string of the molecule is COc1cc(N2CC3CC[C@@H](C2)C3N)cnn1. The highest BCUT2D eigenvalue weighted by Crippen LogP contribution is 2.37. The lowest BCUT2D eigenvalue weighted by atomic mass is 9.93. The molecule has 1 aromatic rings. The van der Waals surface area contributed by atoms with Crippen molar-refractivity contribution in [3.8, 4) is 5.88 Å². The minimum Gasteiger partial charge on any atom is -0.480 e. The first-order valence-corrected chi connectivity index (χ1v) is 6.15. The fraction of sp³-hybridized carbons (Fsp3) is 0.667. The maximum absolute atomic E-state index is 6.20. The number of nitrogens with zero attached hydrogens (tertiary/aromatic N) is 3. The fourth-order valence-corrected chi connectivity index (χ4v) is 3.09. The van der Waals surface area contributed by atoms with Crippen molar-refractivity contribution in [1.29, 1.82) is 0 Å². The molecule has 92 valence electrons. The van der Waals surface area contributed by atoms with E-state index in [1.165, 1.54) is 12.8 Å². The van der Waals surface area contributed by atoms with Gasteiger partial charge in [-0.05, 0) is 24.7 Å². The molecule has 2 N–H and O–H groups in total. The Morgan fingerprint density at radius 3 is 2.71 bits per heavy atom. The van der Waals surface area contributed by atoms with E-state index in [9.17, 15) is 0 Å². The molecule has 2 fully saturated rings. The summed E-state index contributed by atoms with van der Waals surface area (Å²) in [5, 5.41) is 7.87. The largest absolute Gasteiger partial charge is 0.480 e. The van der Waals surface area contributed by atoms with Gasteiger partial charge in [0.1, 0.15) is 0 Å². The van der Waals surface area contributed by atoms with E-state index in [-0.39, 0.29) is 0 Å². The van der Waals surface area contributed by atoms with Crippen molar-refractivity contribution < 1.29 is 4.74 Å². The molecule has 5 nitrogen and oxygen atoms in total. The summed E-state index contributed by atoms with van der Waals surface area (Å²) in [7, 11) is 1.61. The number of aromatic nitrogens is 2. The Labute approximate surface area is 101 Å². The van der Waals surface area contributed by atoms with E-state index in [1.54, 1.807) is 13.3 Å². The molecule has 1 aliphatic heterocycles. The van der Waals surface area contributed by atoms with Crippen LogP contribution in [0.2, 0.25) is 0 Å². The molecule has 2 unspecified atom stereocenters. The summed E-state index contributed by atoms with van der Waals surface area (Å²) in [5.74, 6) is 1.84. The van der Waals surface area contributed by atoms with Crippen LogP contribution >= 0.6 is 0 Å². The topological polar surface area (TPSA) is 64.3 Å². The van der Waals surface area contributed by atoms with Crippen molar-refractivity contribution in [3.05, 3.63) is 12.3 Å². The minimum atomic E-state index is 0.392. The number of rotatable bonds is 2. The molecule has 3 rings (SSSR count). The molecule has 1 saturated heterocycles. The van der Waals surface area contributed by atoms with E-state index >= 15 is 0 Å². The highest BCUT2D eigenvalue weighted by atomic mass is 16.5. The summed E-state index contributed by atoms with van der Waals surface area (Å²) in [6.45, 7) is 2.07. The third kappa shape index (κ3) is 1.84. The lowest BCUT2D eigenvalue weighted by molar-refractivity contribution is 0.354. The standard InChI is InChI=1S/C12H18N4O/c1-17-11-4-10(5-14-15-11)16-6-8-2-3-9(7-16)12(8)13/h4-5,8-9,12H,2-3,6-7,13H2,1H3/t8-,9?,12?/m0/s1. The second kappa shape index (κ2) is 4.14. The van der Waals surface area contributed by atoms with Gasteiger partial charge in [-0.1, -0.05) is 0 Å². The van der Waals surface area contributed by atoms with Gasteiger partial charge in [0.25, 0.3) is 0 Å². The number of fused-ring (bicyclic) bond motifs is 2. The lowest BCUT2D eigenvalue weighted by Gasteiger charge is -2.37. The maximum Gasteiger partial charge on any atom is 0.235 e. The highest BCUT2D eigenvalue weighted by Gasteiger charge is 2.39. The van der Waals surface area contributed by atoms with Gasteiger partial charge in [-0.25, -0.2) is 0 Å². The number of nitrogens with two attached hydrogens (primary N) is 1. The molecular weight excluding hydrogens is 216 g/mol. The van der Waals surface area contributed by atoms with Crippen LogP contribution in [0, 0.1) is 11.8 Å². The van der Waals surface area contributed by atoms with Gasteiger partial charge < -0.3 is 15.4 Å². The monoisotopic (exact) mass is 234 g/mol. The van der Waals surface area contributed by atoms with Crippen LogP contribution in [0.4, 0.5) is 5.69 Å². The second-order valence-corrected chi connectivity index (χ2v) is 5.04. The Morgan fingerprint density at radius 2 is 2.06 bits per heavy atom. The van der Waals surface area contributed by atoms with Crippen LogP contribution in [0.5, 0.6) is 5.88 Å². The molecule has 2 aliphatic rings. The predicted octanol–water partition coefficient (Wildman–Crippen LogP) is 0.659. The molecule has 1 aliphatic carbocycles. The summed E-state index contributed by atoms with van der Waals surface area (Å²) in [5.41, 5.74) is 7.30. The third-order valence-corrected chi connectivity index (χ3v) is 4.10. The highest BCUT2D eigenvalue weighted by molar-refractivity contribution is 5.47. The third-order valence-electron chi connectivity index (χ3n) is 4.10. The van der Waals surface area contributed by atoms with Crippen LogP contribution in [0.25, 0.3) is 0 Å². The van der Waals surface area contributed by atoms with Crippen LogP contribution in [0.3, 0.4) is 0 Å². The van der Waals surface area contributed by atoms with E-state index in [4.69, 9.17) is 10.5 Å². The first kappa shape index (κ1) is 10.8. The van der Waals surface area contributed by atoms with Crippen LogP contribution in [0.15, 0.2) is 12.3 Å².